The second-order valence-corrected chi connectivity index (χ2v) is 51.0. The minimum Gasteiger partial charge on any atom is -0.397 e. The molecule has 6 aliphatic carbocycles. The van der Waals surface area contributed by atoms with Gasteiger partial charge in [-0.3, -0.25) is 0 Å². The van der Waals surface area contributed by atoms with Crippen LogP contribution in [0.2, 0.25) is 0 Å². The third-order valence-electron chi connectivity index (χ3n) is 35.0. The molecule has 0 N–H and O–H groups in total. The maximum Gasteiger partial charge on any atom is 2.00 e. The summed E-state index contributed by atoms with van der Waals surface area (Å²) >= 11 is 12.7. The molecule has 0 radical (unpaired) electrons. The molecule has 9 nitrogen and oxygen atoms in total. The Bertz CT molecular complexity index is 5920. The van der Waals surface area contributed by atoms with Gasteiger partial charge in [-0.2, -0.15) is 4.57 Å². The molecular weight excluding hydrogens is 2020 g/mol. The van der Waals surface area contributed by atoms with Crippen LogP contribution in [0.3, 0.4) is 0 Å². The summed E-state index contributed by atoms with van der Waals surface area (Å²) in [6.45, 7) is 42.2. The molecule has 8 aromatic carbocycles. The maximum atomic E-state index is 6.77. The summed E-state index contributed by atoms with van der Waals surface area (Å²) in [6.07, 6.45) is 60.2. The molecule has 0 amide bonds. The van der Waals surface area contributed by atoms with Gasteiger partial charge in [0.05, 0.1) is 16.6 Å². The number of hydrogen-bond donors (Lipinski definition) is 0. The van der Waals surface area contributed by atoms with Gasteiger partial charge in [0, 0.05) is 158 Å². The summed E-state index contributed by atoms with van der Waals surface area (Å²) in [5.74, 6) is 5.06. The number of aromatic nitrogens is 1. The van der Waals surface area contributed by atoms with Gasteiger partial charge in [-0.1, -0.05) is 379 Å². The first kappa shape index (κ1) is 130. The average Bonchev–Trinajstić information content (AvgIpc) is 1.55. The van der Waals surface area contributed by atoms with Crippen LogP contribution in [0.5, 0.6) is 0 Å². The largest absolute Gasteiger partial charge is 2.00 e. The summed E-state index contributed by atoms with van der Waals surface area (Å²) in [7, 11) is 6.51. The van der Waals surface area contributed by atoms with Crippen molar-refractivity contribution in [2.45, 2.75) is 371 Å². The summed E-state index contributed by atoms with van der Waals surface area (Å²) in [5, 5.41) is 9.16. The fourth-order valence-corrected chi connectivity index (χ4v) is 30.2. The van der Waals surface area contributed by atoms with E-state index in [1.165, 1.54) is 342 Å². The van der Waals surface area contributed by atoms with Crippen molar-refractivity contribution in [3.63, 3.8) is 0 Å². The van der Waals surface area contributed by atoms with Crippen molar-refractivity contribution >= 4 is 123 Å². The summed E-state index contributed by atoms with van der Waals surface area (Å²) in [5.41, 5.74) is 20.1. The third kappa shape index (κ3) is 29.1. The van der Waals surface area contributed by atoms with E-state index in [0.29, 0.717) is 0 Å². The van der Waals surface area contributed by atoms with Crippen LogP contribution in [0.4, 0.5) is 22.7 Å². The van der Waals surface area contributed by atoms with Gasteiger partial charge in [0.25, 0.3) is 5.52 Å². The molecule has 7 aliphatic heterocycles. The van der Waals surface area contributed by atoms with Crippen molar-refractivity contribution in [1.82, 2.24) is 0 Å². The fourth-order valence-electron chi connectivity index (χ4n) is 25.9. The van der Waals surface area contributed by atoms with Gasteiger partial charge in [0.15, 0.2) is 22.3 Å². The van der Waals surface area contributed by atoms with Crippen LogP contribution < -0.4 is 24.2 Å². The molecule has 0 saturated heterocycles. The standard InChI is InChI=1S/C34H29N2O.C29H45N2S.C26H38ClN2S.C23H33N2S.3C5H10.6CH3.3Fe/c1-34(22-23-11-5-4-6-12-23)30(35(2)28-19-17-24-13-7-9-15-26(24)32(28)34)21-31-36(3)29-20-18-25-14-8-10-16-27(25)33(29)37-31;1-8-31-26(32-29(6,7)28(31,4)5)21-25-27(2,3)23-18-11-12-19-24(23)30(25)20-14-13-17-22-15-9-10-16-22;1-6-29-23(30-24(27)26(29,4)5)18-22-25(2,3)20-15-9-10-16-21(20)28(22)17-11-14-19-12-7-8-13-19;1-23(2)19-12-6-7-13-20(19)24(3)21(23)17-22-25(15-16-26-22)14-8-11-18-9-4-5-10-18;3*1-2-4-5-3-1;;;;;;;;;/h4-21H,22H2,1-3H3;11-12,18-19,21-22H,8-10,13-17,20H2,1-7H3;9-10,15-16,18-19,24H,6-8,11-14,17H2,1-5H3;6-7,12-13,17-18H,4-5,8-11,14-16H2,1-3H3;3*1-5H2;6*1H3;;;/q4*+1;;;;6*-1;3*+2. The Morgan fingerprint density at radius 3 is 1.32 bits per heavy atom. The molecule has 6 fully saturated rings. The van der Waals surface area contributed by atoms with Crippen LogP contribution in [-0.2, 0) is 86.3 Å². The van der Waals surface area contributed by atoms with Crippen LogP contribution in [0.15, 0.2) is 221 Å². The molecule has 22 rings (SSSR count). The molecule has 1 aromatic heterocycles. The van der Waals surface area contributed by atoms with Crippen molar-refractivity contribution in [1.29, 1.82) is 0 Å². The molecule has 2 atom stereocenters. The predicted molar refractivity (Wildman–Crippen MR) is 651 cm³/mol. The number of rotatable bonds is 21. The number of thioether (sulfide) groups is 3. The van der Waals surface area contributed by atoms with Gasteiger partial charge in [-0.15, -0.1) is 11.6 Å². The normalized spacial score (nSPS) is 22.0. The molecule has 2 unspecified atom stereocenters. The van der Waals surface area contributed by atoms with Crippen molar-refractivity contribution in [2.24, 2.45) is 24.8 Å². The number of hydrogen-bond acceptors (Lipinski definition) is 8. The number of fused-ring (bicyclic) bond motifs is 9. The molecule has 9 aromatic rings. The number of allylic oxidation sites excluding steroid dienone is 4. The van der Waals surface area contributed by atoms with Gasteiger partial charge >= 0.3 is 57.1 Å². The number of oxazole rings is 1. The minimum atomic E-state index is -0.236. The molecule has 816 valence electrons. The van der Waals surface area contributed by atoms with E-state index in [2.05, 4.69) is 375 Å². The molecule has 13 aliphatic rings. The Balaban J connectivity index is 0.000000252. The first-order chi connectivity index (χ1) is 67.5. The van der Waals surface area contributed by atoms with Gasteiger partial charge in [-0.25, -0.2) is 13.7 Å². The summed E-state index contributed by atoms with van der Waals surface area (Å²) in [4.78, 5) is 10.0. The Kier molecular flexibility index (Phi) is 50.7. The molecule has 149 heavy (non-hydrogen) atoms. The number of para-hydroxylation sites is 3. The van der Waals surface area contributed by atoms with Crippen LogP contribution in [0.1, 0.15) is 356 Å². The van der Waals surface area contributed by atoms with Gasteiger partial charge < -0.3 is 68.6 Å². The zero-order valence-corrected chi connectivity index (χ0v) is 103. The van der Waals surface area contributed by atoms with Crippen LogP contribution in [-0.4, -0.2) is 109 Å². The molecular formula is C133H193ClFe3N8OS3+4. The smallest absolute Gasteiger partial charge is 0.397 e. The SMILES string of the molecule is C1CCCC1.C1CCCC1.C1CCCC1.CC[N+]1=C(C=C2N(CCCC3CCCC3)c3ccccc3C2(C)C)SC(Cl)C1(C)C.CC[N+]1=C(C=C2N(CCCCC3CCCC3)c3ccccc3C2(C)C)SC(C)(C)C1(C)C.CN1C(=CC2=[N+](CCCC3CCCC3)CCS2)C(C)(C)c2ccccc21.CN1C(=Cc2oc3c4ccccc4ccc3[n+]2C)C(C)(Cc2ccccc2)c2c1ccc1ccccc21.[CH3-].[CH3-].[CH3-].[CH3-].[CH3-].[CH3-].[Fe+2].[Fe+2].[Fe+2]. The van der Waals surface area contributed by atoms with Crippen LogP contribution in [0.25, 0.3) is 38.7 Å². The van der Waals surface area contributed by atoms with E-state index in [-0.39, 0.29) is 138 Å². The number of likely N-dealkylation sites (N-methyl/N-ethyl adjacent to an activating group) is 2. The number of anilines is 4. The number of unbranched alkanes of at least 4 members (excludes halogenated alkanes) is 1. The maximum absolute atomic E-state index is 6.77. The first-order valence-electron chi connectivity index (χ1n) is 55.6. The molecule has 0 spiro atoms. The van der Waals surface area contributed by atoms with E-state index in [9.17, 15) is 0 Å². The minimum absolute atomic E-state index is 0. The first-order valence-corrected chi connectivity index (χ1v) is 58.7. The van der Waals surface area contributed by atoms with Gasteiger partial charge in [0.1, 0.15) is 26.7 Å². The van der Waals surface area contributed by atoms with Crippen molar-refractivity contribution in [2.75, 3.05) is 78.7 Å². The third-order valence-corrected chi connectivity index (χ3v) is 39.8. The Hall–Kier alpha value is -6.18. The molecule has 6 saturated carbocycles. The average molecular weight is 2220 g/mol. The van der Waals surface area contributed by atoms with E-state index in [1.54, 1.807) is 0 Å². The van der Waals surface area contributed by atoms with E-state index < -0.39 is 0 Å². The van der Waals surface area contributed by atoms with E-state index >= 15 is 0 Å². The van der Waals surface area contributed by atoms with Crippen molar-refractivity contribution < 1.29 is 73.9 Å². The molecule has 16 heteroatoms. The Morgan fingerprint density at radius 1 is 0.403 bits per heavy atom. The number of nitrogens with zero attached hydrogens (tertiary/aromatic N) is 8. The monoisotopic (exact) mass is 2220 g/mol. The fraction of sp³-hybridized carbons (Fsp3) is 0.534. The quantitative estimate of drug-likeness (QED) is 0.0232. The molecule has 0 bridgehead atoms. The number of halogens is 1. The summed E-state index contributed by atoms with van der Waals surface area (Å²) in [6, 6.07) is 63.8. The number of alkyl halides is 1. The Labute approximate surface area is 958 Å². The van der Waals surface area contributed by atoms with Crippen molar-refractivity contribution in [3.05, 3.63) is 295 Å². The second kappa shape index (κ2) is 58.2. The summed E-state index contributed by atoms with van der Waals surface area (Å²) < 4.78 is 16.8. The zero-order valence-electron chi connectivity index (χ0n) is 96.7. The van der Waals surface area contributed by atoms with Crippen molar-refractivity contribution in [3.8, 4) is 0 Å². The predicted octanol–water partition coefficient (Wildman–Crippen LogP) is 36.5. The Morgan fingerprint density at radius 2 is 0.812 bits per heavy atom. The van der Waals surface area contributed by atoms with E-state index in [0.717, 1.165) is 72.7 Å². The van der Waals surface area contributed by atoms with Crippen LogP contribution in [0, 0.1) is 62.3 Å². The van der Waals surface area contributed by atoms with E-state index in [4.69, 9.17) is 16.0 Å². The van der Waals surface area contributed by atoms with Gasteiger partial charge in [-0.05, 0) is 182 Å². The van der Waals surface area contributed by atoms with E-state index in [1.807, 2.05) is 23.5 Å². The van der Waals surface area contributed by atoms with Crippen LogP contribution >= 0.6 is 46.9 Å². The van der Waals surface area contributed by atoms with Gasteiger partial charge in [0.2, 0.25) is 20.7 Å². The topological polar surface area (TPSA) is 39.0 Å². The zero-order chi connectivity index (χ0) is 98.6. The second-order valence-electron chi connectivity index (χ2n) is 46.4. The molecule has 8 heterocycles. The number of benzene rings is 8. The number of aryl methyl sites for hydroxylation is 1.